The molecule has 2 heterocycles. The summed E-state index contributed by atoms with van der Waals surface area (Å²) >= 11 is 1.64. The Hall–Kier alpha value is -3.00. The molecule has 2 amide bonds. The van der Waals surface area contributed by atoms with Crippen molar-refractivity contribution >= 4 is 23.1 Å². The largest absolute Gasteiger partial charge is 0.493 e. The van der Waals surface area contributed by atoms with Gasteiger partial charge in [-0.25, -0.2) is 4.79 Å². The first-order valence-corrected chi connectivity index (χ1v) is 9.73. The van der Waals surface area contributed by atoms with Crippen LogP contribution in [-0.2, 0) is 0 Å². The summed E-state index contributed by atoms with van der Waals surface area (Å²) in [7, 11) is 3.10. The summed E-state index contributed by atoms with van der Waals surface area (Å²) in [6, 6.07) is 11.0. The number of benzene rings is 1. The van der Waals surface area contributed by atoms with Crippen molar-refractivity contribution in [3.8, 4) is 11.5 Å². The predicted molar refractivity (Wildman–Crippen MR) is 111 cm³/mol. The molecule has 8 heteroatoms. The molecule has 0 aliphatic rings. The van der Waals surface area contributed by atoms with Gasteiger partial charge in [0.1, 0.15) is 6.04 Å². The maximum atomic E-state index is 12.5. The molecular formula is C20H24N4O3S. The summed E-state index contributed by atoms with van der Waals surface area (Å²) in [5, 5.41) is 12.4. The molecule has 148 valence electrons. The number of hydrogen-bond donors (Lipinski definition) is 2. The fourth-order valence-corrected chi connectivity index (χ4v) is 3.90. The first kappa shape index (κ1) is 19.8. The first-order valence-electron chi connectivity index (χ1n) is 8.85. The molecule has 3 rings (SSSR count). The van der Waals surface area contributed by atoms with Gasteiger partial charge in [-0.15, -0.1) is 11.3 Å². The average molecular weight is 401 g/mol. The van der Waals surface area contributed by atoms with Crippen molar-refractivity contribution < 1.29 is 14.3 Å². The van der Waals surface area contributed by atoms with Crippen LogP contribution in [0.4, 0.5) is 10.5 Å². The Labute approximate surface area is 168 Å². The Morgan fingerprint density at radius 2 is 2.04 bits per heavy atom. The Kier molecular flexibility index (Phi) is 6.20. The van der Waals surface area contributed by atoms with Gasteiger partial charge in [0.2, 0.25) is 0 Å². The van der Waals surface area contributed by atoms with Gasteiger partial charge in [-0.3, -0.25) is 4.68 Å². The molecule has 0 saturated carbocycles. The second kappa shape index (κ2) is 8.79. The van der Waals surface area contributed by atoms with Gasteiger partial charge in [0.05, 0.1) is 25.6 Å². The number of ether oxygens (including phenoxy) is 2. The van der Waals surface area contributed by atoms with E-state index in [-0.39, 0.29) is 12.1 Å². The molecule has 0 saturated heterocycles. The summed E-state index contributed by atoms with van der Waals surface area (Å²) in [5.41, 5.74) is 2.54. The van der Waals surface area contributed by atoms with Crippen LogP contribution in [0.5, 0.6) is 11.5 Å². The monoisotopic (exact) mass is 400 g/mol. The normalized spacial score (nSPS) is 11.7. The van der Waals surface area contributed by atoms with Crippen LogP contribution in [0.3, 0.4) is 0 Å². The zero-order valence-electron chi connectivity index (χ0n) is 16.4. The Bertz CT molecular complexity index is 937. The van der Waals surface area contributed by atoms with Crippen molar-refractivity contribution in [3.63, 3.8) is 0 Å². The van der Waals surface area contributed by atoms with Gasteiger partial charge in [0.15, 0.2) is 11.5 Å². The Morgan fingerprint density at radius 1 is 1.21 bits per heavy atom. The highest BCUT2D eigenvalue weighted by Crippen LogP contribution is 2.34. The van der Waals surface area contributed by atoms with Gasteiger partial charge in [-0.05, 0) is 43.5 Å². The lowest BCUT2D eigenvalue weighted by Crippen LogP contribution is -2.35. The molecule has 1 unspecified atom stereocenters. The molecule has 3 aromatic rings. The van der Waals surface area contributed by atoms with Gasteiger partial charge in [0, 0.05) is 17.1 Å². The number of carbonyl (C=O) groups excluding carboxylic acids is 1. The van der Waals surface area contributed by atoms with E-state index in [1.807, 2.05) is 36.0 Å². The fraction of sp³-hybridized carbons (Fsp3) is 0.300. The van der Waals surface area contributed by atoms with Crippen LogP contribution in [0.2, 0.25) is 0 Å². The van der Waals surface area contributed by atoms with E-state index in [2.05, 4.69) is 21.8 Å². The number of hydrogen-bond acceptors (Lipinski definition) is 5. The quantitative estimate of drug-likeness (QED) is 0.629. The summed E-state index contributed by atoms with van der Waals surface area (Å²) in [4.78, 5) is 13.7. The number of aromatic nitrogens is 2. The van der Waals surface area contributed by atoms with Crippen molar-refractivity contribution in [2.45, 2.75) is 19.9 Å². The maximum Gasteiger partial charge on any atom is 0.319 e. The number of amides is 2. The molecule has 28 heavy (non-hydrogen) atoms. The molecule has 0 fully saturated rings. The smallest absolute Gasteiger partial charge is 0.319 e. The minimum absolute atomic E-state index is 0.0772. The van der Waals surface area contributed by atoms with E-state index in [1.165, 1.54) is 7.11 Å². The lowest BCUT2D eigenvalue weighted by Gasteiger charge is -2.19. The predicted octanol–water partition coefficient (Wildman–Crippen LogP) is 3.99. The number of carbonyl (C=O) groups is 1. The lowest BCUT2D eigenvalue weighted by atomic mass is 10.2. The van der Waals surface area contributed by atoms with E-state index >= 15 is 0 Å². The number of urea groups is 1. The van der Waals surface area contributed by atoms with Crippen LogP contribution in [0, 0.1) is 13.8 Å². The number of nitrogens with zero attached hydrogens (tertiary/aromatic N) is 2. The fourth-order valence-electron chi connectivity index (χ4n) is 3.09. The number of thiophene rings is 1. The maximum absolute atomic E-state index is 12.5. The van der Waals surface area contributed by atoms with Crippen molar-refractivity contribution in [3.05, 3.63) is 58.0 Å². The third kappa shape index (κ3) is 4.28. The van der Waals surface area contributed by atoms with Crippen molar-refractivity contribution in [2.24, 2.45) is 0 Å². The second-order valence-corrected chi connectivity index (χ2v) is 7.26. The third-order valence-corrected chi connectivity index (χ3v) is 5.29. The lowest BCUT2D eigenvalue weighted by molar-refractivity contribution is 0.250. The second-order valence-electron chi connectivity index (χ2n) is 6.28. The van der Waals surface area contributed by atoms with E-state index < -0.39 is 0 Å². The van der Waals surface area contributed by atoms with Gasteiger partial charge in [0.25, 0.3) is 0 Å². The molecule has 1 atom stereocenters. The van der Waals surface area contributed by atoms with Gasteiger partial charge in [-0.1, -0.05) is 12.1 Å². The highest BCUT2D eigenvalue weighted by Gasteiger charge is 2.20. The number of para-hydroxylation sites is 1. The molecule has 0 radical (unpaired) electrons. The van der Waals surface area contributed by atoms with Gasteiger partial charge in [-0.2, -0.15) is 5.10 Å². The Balaban J connectivity index is 1.74. The average Bonchev–Trinajstić information content (AvgIpc) is 3.32. The zero-order valence-corrected chi connectivity index (χ0v) is 17.2. The van der Waals surface area contributed by atoms with E-state index in [1.54, 1.807) is 36.6 Å². The highest BCUT2D eigenvalue weighted by molar-refractivity contribution is 7.10. The molecule has 1 aromatic carbocycles. The third-order valence-electron chi connectivity index (χ3n) is 4.32. The minimum Gasteiger partial charge on any atom is -0.493 e. The van der Waals surface area contributed by atoms with Crippen molar-refractivity contribution in [1.82, 2.24) is 15.1 Å². The molecule has 0 aliphatic heterocycles. The van der Waals surface area contributed by atoms with Crippen LogP contribution in [0.15, 0.2) is 41.8 Å². The van der Waals surface area contributed by atoms with Crippen LogP contribution < -0.4 is 20.1 Å². The van der Waals surface area contributed by atoms with E-state index in [0.717, 1.165) is 16.3 Å². The van der Waals surface area contributed by atoms with Crippen molar-refractivity contribution in [2.75, 3.05) is 26.1 Å². The molecule has 0 spiro atoms. The molecule has 2 aromatic heterocycles. The molecule has 7 nitrogen and oxygen atoms in total. The van der Waals surface area contributed by atoms with E-state index in [0.29, 0.717) is 23.7 Å². The Morgan fingerprint density at radius 3 is 2.64 bits per heavy atom. The number of aryl methyl sites for hydroxylation is 2. The molecule has 2 N–H and O–H groups in total. The van der Waals surface area contributed by atoms with E-state index in [9.17, 15) is 4.79 Å². The summed E-state index contributed by atoms with van der Waals surface area (Å²) < 4.78 is 12.6. The van der Waals surface area contributed by atoms with Gasteiger partial charge >= 0.3 is 6.03 Å². The summed E-state index contributed by atoms with van der Waals surface area (Å²) in [6.45, 7) is 4.38. The van der Waals surface area contributed by atoms with E-state index in [4.69, 9.17) is 9.47 Å². The molecular weight excluding hydrogens is 376 g/mol. The van der Waals surface area contributed by atoms with Crippen LogP contribution in [0.1, 0.15) is 22.3 Å². The number of methoxy groups -OCH3 is 2. The van der Waals surface area contributed by atoms with Crippen molar-refractivity contribution in [1.29, 1.82) is 0 Å². The first-order chi connectivity index (χ1) is 13.5. The molecule has 0 bridgehead atoms. The topological polar surface area (TPSA) is 77.4 Å². The summed E-state index contributed by atoms with van der Waals surface area (Å²) in [6.07, 6.45) is 0. The van der Waals surface area contributed by atoms with Gasteiger partial charge < -0.3 is 20.1 Å². The SMILES string of the molecule is COc1cccc(NC(=O)NCC(c2cccs2)n2nc(C)cc2C)c1OC. The molecule has 0 aliphatic carbocycles. The minimum atomic E-state index is -0.324. The standard InChI is InChI=1S/C20H24N4O3S/c1-13-11-14(2)24(23-13)16(18-9-6-10-28-18)12-21-20(25)22-15-7-5-8-17(26-3)19(15)27-4/h5-11,16H,12H2,1-4H3,(H2,21,22,25). The summed E-state index contributed by atoms with van der Waals surface area (Å²) in [5.74, 6) is 1.04. The number of anilines is 1. The number of nitrogens with one attached hydrogen (secondary N) is 2. The van der Waals surface area contributed by atoms with Crippen LogP contribution in [0.25, 0.3) is 0 Å². The van der Waals surface area contributed by atoms with Crippen LogP contribution in [-0.4, -0.2) is 36.6 Å². The highest BCUT2D eigenvalue weighted by atomic mass is 32.1. The zero-order chi connectivity index (χ0) is 20.1. The number of rotatable bonds is 7. The van der Waals surface area contributed by atoms with Crippen LogP contribution >= 0.6 is 11.3 Å².